The van der Waals surface area contributed by atoms with Crippen molar-refractivity contribution in [3.8, 4) is 17.0 Å². The summed E-state index contributed by atoms with van der Waals surface area (Å²) in [4.78, 5) is 53.8. The molecule has 186 valence electrons. The van der Waals surface area contributed by atoms with Crippen LogP contribution in [0.5, 0.6) is 5.75 Å². The number of carbonyl (C=O) groups is 2. The molecule has 0 fully saturated rings. The lowest BCUT2D eigenvalue weighted by Gasteiger charge is -2.09. The first-order chi connectivity index (χ1) is 17.4. The van der Waals surface area contributed by atoms with Crippen molar-refractivity contribution >= 4 is 28.6 Å². The van der Waals surface area contributed by atoms with Crippen LogP contribution in [-0.2, 0) is 16.1 Å². The first-order valence-electron chi connectivity index (χ1n) is 11.6. The lowest BCUT2D eigenvalue weighted by atomic mass is 10.1. The second-order valence-electron chi connectivity index (χ2n) is 8.01. The third-order valence-electron chi connectivity index (χ3n) is 5.44. The molecule has 0 unspecified atom stereocenters. The quantitative estimate of drug-likeness (QED) is 0.308. The highest BCUT2D eigenvalue weighted by atomic mass is 16.5. The molecule has 0 aliphatic heterocycles. The standard InChI is InChI=1S/C26H26N4O6/c1-3-13-30-21-14-20(28-23(21)24(32)29-26(30)34)16-7-11-19(12-8-16)36-15-22(31)27-18-9-5-17(6-10-18)25(33)35-4-2/h5-12,14,28H,3-4,13,15H2,1-2H3,(H,27,31)(H,29,32,34). The summed E-state index contributed by atoms with van der Waals surface area (Å²) in [6, 6.07) is 15.2. The molecule has 0 aliphatic rings. The van der Waals surface area contributed by atoms with Gasteiger partial charge in [-0.05, 0) is 73.5 Å². The smallest absolute Gasteiger partial charge is 0.338 e. The van der Waals surface area contributed by atoms with E-state index in [4.69, 9.17) is 9.47 Å². The molecule has 10 nitrogen and oxygen atoms in total. The second kappa shape index (κ2) is 10.8. The first-order valence-corrected chi connectivity index (χ1v) is 11.6. The highest BCUT2D eigenvalue weighted by Gasteiger charge is 2.12. The summed E-state index contributed by atoms with van der Waals surface area (Å²) in [5.41, 5.74) is 2.40. The molecule has 1 amide bonds. The number of fused-ring (bicyclic) bond motifs is 1. The van der Waals surface area contributed by atoms with Gasteiger partial charge in [0.25, 0.3) is 11.5 Å². The van der Waals surface area contributed by atoms with Crippen LogP contribution >= 0.6 is 0 Å². The fraction of sp³-hybridized carbons (Fsp3) is 0.231. The molecular weight excluding hydrogens is 464 g/mol. The molecular formula is C26H26N4O6. The lowest BCUT2D eigenvalue weighted by molar-refractivity contribution is -0.118. The zero-order valence-corrected chi connectivity index (χ0v) is 19.9. The molecule has 0 saturated heterocycles. The molecule has 36 heavy (non-hydrogen) atoms. The maximum Gasteiger partial charge on any atom is 0.338 e. The fourth-order valence-electron chi connectivity index (χ4n) is 3.75. The van der Waals surface area contributed by atoms with E-state index in [2.05, 4.69) is 15.3 Å². The maximum absolute atomic E-state index is 12.2. The Labute approximate surface area is 205 Å². The van der Waals surface area contributed by atoms with Crippen LogP contribution in [0.1, 0.15) is 30.6 Å². The number of aryl methyl sites for hydroxylation is 1. The summed E-state index contributed by atoms with van der Waals surface area (Å²) < 4.78 is 12.0. The Hall–Kier alpha value is -4.60. The number of anilines is 1. The monoisotopic (exact) mass is 490 g/mol. The van der Waals surface area contributed by atoms with Crippen molar-refractivity contribution in [3.63, 3.8) is 0 Å². The zero-order valence-electron chi connectivity index (χ0n) is 19.9. The Morgan fingerprint density at radius 1 is 0.972 bits per heavy atom. The summed E-state index contributed by atoms with van der Waals surface area (Å²) in [5.74, 6) is -0.285. The SMILES string of the molecule is CCCn1c(=O)[nH]c(=O)c2[nH]c(-c3ccc(OCC(=O)Nc4ccc(C(=O)OCC)cc4)cc3)cc21. The molecule has 0 bridgehead atoms. The van der Waals surface area contributed by atoms with Crippen LogP contribution < -0.4 is 21.3 Å². The number of benzene rings is 2. The van der Waals surface area contributed by atoms with Crippen LogP contribution in [0.25, 0.3) is 22.3 Å². The molecule has 2 aromatic heterocycles. The molecule has 0 saturated carbocycles. The Morgan fingerprint density at radius 3 is 2.36 bits per heavy atom. The molecule has 0 atom stereocenters. The van der Waals surface area contributed by atoms with Crippen molar-refractivity contribution in [1.29, 1.82) is 0 Å². The Balaban J connectivity index is 1.39. The average Bonchev–Trinajstić information content (AvgIpc) is 3.32. The number of rotatable bonds is 9. The van der Waals surface area contributed by atoms with Crippen molar-refractivity contribution in [2.24, 2.45) is 0 Å². The van der Waals surface area contributed by atoms with E-state index in [0.29, 0.717) is 46.9 Å². The molecule has 4 rings (SSSR count). The number of carbonyl (C=O) groups excluding carboxylic acids is 2. The maximum atomic E-state index is 12.2. The number of aromatic nitrogens is 3. The minimum Gasteiger partial charge on any atom is -0.484 e. The van der Waals surface area contributed by atoms with E-state index >= 15 is 0 Å². The van der Waals surface area contributed by atoms with Crippen LogP contribution in [0.2, 0.25) is 0 Å². The van der Waals surface area contributed by atoms with Crippen molar-refractivity contribution in [1.82, 2.24) is 14.5 Å². The van der Waals surface area contributed by atoms with E-state index in [1.54, 1.807) is 61.5 Å². The minimum absolute atomic E-state index is 0.204. The second-order valence-corrected chi connectivity index (χ2v) is 8.01. The molecule has 4 aromatic rings. The van der Waals surface area contributed by atoms with E-state index in [1.165, 1.54) is 4.57 Å². The van der Waals surface area contributed by atoms with Gasteiger partial charge in [-0.15, -0.1) is 0 Å². The fourth-order valence-corrected chi connectivity index (χ4v) is 3.75. The van der Waals surface area contributed by atoms with Gasteiger partial charge in [-0.2, -0.15) is 0 Å². The average molecular weight is 491 g/mol. The van der Waals surface area contributed by atoms with Crippen molar-refractivity contribution < 1.29 is 19.1 Å². The van der Waals surface area contributed by atoms with Crippen LogP contribution in [0.3, 0.4) is 0 Å². The van der Waals surface area contributed by atoms with E-state index in [9.17, 15) is 19.2 Å². The van der Waals surface area contributed by atoms with Gasteiger partial charge < -0.3 is 19.8 Å². The van der Waals surface area contributed by atoms with E-state index < -0.39 is 17.2 Å². The topological polar surface area (TPSA) is 135 Å². The number of nitrogens with zero attached hydrogens (tertiary/aromatic N) is 1. The summed E-state index contributed by atoms with van der Waals surface area (Å²) in [6.07, 6.45) is 0.750. The van der Waals surface area contributed by atoms with E-state index in [0.717, 1.165) is 12.0 Å². The minimum atomic E-state index is -0.463. The highest BCUT2D eigenvalue weighted by Crippen LogP contribution is 2.24. The van der Waals surface area contributed by atoms with Crippen molar-refractivity contribution in [2.45, 2.75) is 26.8 Å². The number of esters is 1. The van der Waals surface area contributed by atoms with Gasteiger partial charge in [0.2, 0.25) is 0 Å². The van der Waals surface area contributed by atoms with Gasteiger partial charge in [-0.3, -0.25) is 19.1 Å². The Kier molecular flexibility index (Phi) is 7.33. The van der Waals surface area contributed by atoms with Crippen molar-refractivity contribution in [3.05, 3.63) is 81.0 Å². The number of hydrogen-bond donors (Lipinski definition) is 3. The number of amides is 1. The normalized spacial score (nSPS) is 10.8. The summed E-state index contributed by atoms with van der Waals surface area (Å²) >= 11 is 0. The summed E-state index contributed by atoms with van der Waals surface area (Å²) in [6.45, 7) is 4.27. The Morgan fingerprint density at radius 2 is 1.69 bits per heavy atom. The first kappa shape index (κ1) is 24.5. The van der Waals surface area contributed by atoms with Crippen LogP contribution in [0.4, 0.5) is 5.69 Å². The summed E-state index contributed by atoms with van der Waals surface area (Å²) in [7, 11) is 0. The van der Waals surface area contributed by atoms with E-state index in [-0.39, 0.29) is 12.5 Å². The molecule has 0 spiro atoms. The number of ether oxygens (including phenoxy) is 2. The van der Waals surface area contributed by atoms with Crippen molar-refractivity contribution in [2.75, 3.05) is 18.5 Å². The third kappa shape index (κ3) is 5.38. The van der Waals surface area contributed by atoms with E-state index in [1.807, 2.05) is 6.92 Å². The molecule has 2 aromatic carbocycles. The van der Waals surface area contributed by atoms with Gasteiger partial charge in [-0.25, -0.2) is 9.59 Å². The van der Waals surface area contributed by atoms with Gasteiger partial charge in [0, 0.05) is 17.9 Å². The van der Waals surface area contributed by atoms with Crippen LogP contribution in [-0.4, -0.2) is 39.6 Å². The number of aromatic amines is 2. The van der Waals surface area contributed by atoms with Gasteiger partial charge in [0.05, 0.1) is 17.7 Å². The van der Waals surface area contributed by atoms with Crippen LogP contribution in [0.15, 0.2) is 64.2 Å². The predicted molar refractivity (Wildman–Crippen MR) is 135 cm³/mol. The molecule has 2 heterocycles. The zero-order chi connectivity index (χ0) is 25.7. The van der Waals surface area contributed by atoms with Gasteiger partial charge >= 0.3 is 11.7 Å². The molecule has 3 N–H and O–H groups in total. The van der Waals surface area contributed by atoms with Gasteiger partial charge in [0.1, 0.15) is 11.3 Å². The summed E-state index contributed by atoms with van der Waals surface area (Å²) in [5, 5.41) is 2.71. The molecule has 0 radical (unpaired) electrons. The van der Waals surface area contributed by atoms with Gasteiger partial charge in [0.15, 0.2) is 6.61 Å². The number of hydrogen-bond acceptors (Lipinski definition) is 6. The predicted octanol–water partition coefficient (Wildman–Crippen LogP) is 3.29. The number of nitrogens with one attached hydrogen (secondary N) is 3. The van der Waals surface area contributed by atoms with Crippen LogP contribution in [0, 0.1) is 0 Å². The molecule has 0 aliphatic carbocycles. The third-order valence-corrected chi connectivity index (χ3v) is 5.44. The number of H-pyrrole nitrogens is 2. The molecule has 10 heteroatoms. The highest BCUT2D eigenvalue weighted by molar-refractivity contribution is 5.93. The largest absolute Gasteiger partial charge is 0.484 e. The van der Waals surface area contributed by atoms with Gasteiger partial charge in [-0.1, -0.05) is 6.92 Å². The lowest BCUT2D eigenvalue weighted by Crippen LogP contribution is -2.29. The Bertz CT molecular complexity index is 1500.